The number of nitrogens with one attached hydrogen (secondary N) is 1. The van der Waals surface area contributed by atoms with Crippen LogP contribution < -0.4 is 10.1 Å². The van der Waals surface area contributed by atoms with E-state index in [-0.39, 0.29) is 29.3 Å². The molecule has 0 aliphatic carbocycles. The van der Waals surface area contributed by atoms with Gasteiger partial charge in [-0.3, -0.25) is 4.79 Å². The first-order valence-corrected chi connectivity index (χ1v) is 11.1. The molecule has 0 bridgehead atoms. The molecule has 33 heavy (non-hydrogen) atoms. The quantitative estimate of drug-likeness (QED) is 0.356. The molecule has 0 aliphatic rings. The van der Waals surface area contributed by atoms with Crippen LogP contribution in [0.5, 0.6) is 11.6 Å². The zero-order chi connectivity index (χ0) is 23.2. The van der Waals surface area contributed by atoms with Gasteiger partial charge in [-0.1, -0.05) is 92.7 Å². The number of benzene rings is 3. The summed E-state index contributed by atoms with van der Waals surface area (Å²) < 4.78 is 6.26. The molecule has 5 nitrogen and oxygen atoms in total. The Morgan fingerprint density at radius 1 is 0.848 bits per heavy atom. The number of carbonyl (C=O) groups excluding carboxylic acids is 1. The summed E-state index contributed by atoms with van der Waals surface area (Å²) in [5, 5.41) is 3.04. The van der Waals surface area contributed by atoms with Crippen LogP contribution in [0.25, 0.3) is 11.4 Å². The highest BCUT2D eigenvalue weighted by Crippen LogP contribution is 2.32. The van der Waals surface area contributed by atoms with Crippen molar-refractivity contribution in [3.63, 3.8) is 0 Å². The van der Waals surface area contributed by atoms with Gasteiger partial charge in [-0.25, -0.2) is 4.98 Å². The van der Waals surface area contributed by atoms with E-state index in [1.165, 1.54) is 6.20 Å². The average molecular weight is 438 g/mol. The molecular weight excluding hydrogens is 410 g/mol. The van der Waals surface area contributed by atoms with E-state index in [1.807, 2.05) is 91.9 Å². The number of aromatic nitrogens is 2. The van der Waals surface area contributed by atoms with Gasteiger partial charge in [-0.05, 0) is 30.0 Å². The van der Waals surface area contributed by atoms with E-state index in [0.717, 1.165) is 16.7 Å². The van der Waals surface area contributed by atoms with Gasteiger partial charge in [0, 0.05) is 11.8 Å². The zero-order valence-corrected chi connectivity index (χ0v) is 19.0. The van der Waals surface area contributed by atoms with Gasteiger partial charge in [-0.15, -0.1) is 0 Å². The number of hydrogen-bond acceptors (Lipinski definition) is 4. The molecule has 3 aromatic carbocycles. The fraction of sp³-hybridized carbons (Fsp3) is 0.179. The fourth-order valence-electron chi connectivity index (χ4n) is 3.58. The molecule has 1 amide bonds. The van der Waals surface area contributed by atoms with Gasteiger partial charge in [0.25, 0.3) is 5.91 Å². The number of amides is 1. The highest BCUT2D eigenvalue weighted by molar-refractivity contribution is 5.96. The predicted molar refractivity (Wildman–Crippen MR) is 130 cm³/mol. The third-order valence-corrected chi connectivity index (χ3v) is 5.43. The van der Waals surface area contributed by atoms with Crippen LogP contribution in [-0.4, -0.2) is 15.9 Å². The van der Waals surface area contributed by atoms with Gasteiger partial charge < -0.3 is 10.1 Å². The molecule has 0 fully saturated rings. The predicted octanol–water partition coefficient (Wildman–Crippen LogP) is 6.55. The topological polar surface area (TPSA) is 64.1 Å². The molecule has 5 heteroatoms. The van der Waals surface area contributed by atoms with Crippen molar-refractivity contribution >= 4 is 5.91 Å². The molecule has 0 radical (unpaired) electrons. The molecule has 0 aliphatic heterocycles. The van der Waals surface area contributed by atoms with Gasteiger partial charge in [0.15, 0.2) is 5.82 Å². The lowest BCUT2D eigenvalue weighted by Gasteiger charge is -2.17. The second-order valence-corrected chi connectivity index (χ2v) is 8.18. The Balaban J connectivity index is 1.71. The molecule has 1 aromatic heterocycles. The lowest BCUT2D eigenvalue weighted by molar-refractivity contribution is 0.0936. The maximum absolute atomic E-state index is 13.2. The van der Waals surface area contributed by atoms with Crippen LogP contribution in [0.1, 0.15) is 54.2 Å². The van der Waals surface area contributed by atoms with Crippen molar-refractivity contribution in [3.8, 4) is 23.0 Å². The normalized spacial score (nSPS) is 11.8. The molecule has 1 N–H and O–H groups in total. The number of rotatable bonds is 7. The lowest BCUT2D eigenvalue weighted by atomic mass is 10.0. The molecule has 166 valence electrons. The summed E-state index contributed by atoms with van der Waals surface area (Å²) in [6.07, 6.45) is 1.54. The van der Waals surface area contributed by atoms with Gasteiger partial charge in [0.05, 0.1) is 6.04 Å². The molecule has 0 spiro atoms. The van der Waals surface area contributed by atoms with E-state index in [2.05, 4.69) is 29.1 Å². The molecule has 1 unspecified atom stereocenters. The maximum Gasteiger partial charge on any atom is 0.258 e. The molecule has 1 heterocycles. The smallest absolute Gasteiger partial charge is 0.258 e. The van der Waals surface area contributed by atoms with Crippen LogP contribution >= 0.6 is 0 Å². The third-order valence-electron chi connectivity index (χ3n) is 5.43. The first kappa shape index (κ1) is 22.2. The van der Waals surface area contributed by atoms with Gasteiger partial charge in [-0.2, -0.15) is 4.98 Å². The van der Waals surface area contributed by atoms with Gasteiger partial charge in [0.1, 0.15) is 11.3 Å². The molecular formula is C28H27N3O2. The fourth-order valence-corrected chi connectivity index (χ4v) is 3.58. The van der Waals surface area contributed by atoms with E-state index in [4.69, 9.17) is 4.74 Å². The van der Waals surface area contributed by atoms with Gasteiger partial charge >= 0.3 is 0 Å². The van der Waals surface area contributed by atoms with Crippen LogP contribution in [0.2, 0.25) is 0 Å². The van der Waals surface area contributed by atoms with Crippen molar-refractivity contribution in [1.82, 2.24) is 15.3 Å². The van der Waals surface area contributed by atoms with Crippen LogP contribution in [0.15, 0.2) is 91.1 Å². The summed E-state index contributed by atoms with van der Waals surface area (Å²) in [6, 6.07) is 27.1. The molecule has 0 saturated heterocycles. The van der Waals surface area contributed by atoms with Crippen molar-refractivity contribution in [2.24, 2.45) is 0 Å². The molecule has 0 saturated carbocycles. The summed E-state index contributed by atoms with van der Waals surface area (Å²) >= 11 is 0. The van der Waals surface area contributed by atoms with Crippen molar-refractivity contribution in [1.29, 1.82) is 0 Å². The Kier molecular flexibility index (Phi) is 6.79. The van der Waals surface area contributed by atoms with E-state index >= 15 is 0 Å². The Morgan fingerprint density at radius 3 is 2.18 bits per heavy atom. The third kappa shape index (κ3) is 5.26. The second-order valence-electron chi connectivity index (χ2n) is 8.18. The van der Waals surface area contributed by atoms with Crippen molar-refractivity contribution in [2.45, 2.75) is 32.7 Å². The lowest BCUT2D eigenvalue weighted by Crippen LogP contribution is -2.27. The Morgan fingerprint density at radius 2 is 1.48 bits per heavy atom. The molecule has 1 atom stereocenters. The summed E-state index contributed by atoms with van der Waals surface area (Å²) in [7, 11) is 0. The standard InChI is InChI=1S/C28H27N3O2/c1-19(2)23-16-10-11-17-25(23)33-28-24(18-29-26(31-28)22-14-8-5-9-15-22)27(32)30-20(3)21-12-6-4-7-13-21/h4-20H,1-3H3,(H,30,32). The summed E-state index contributed by atoms with van der Waals surface area (Å²) in [5.41, 5.74) is 3.20. The Hall–Kier alpha value is -3.99. The minimum Gasteiger partial charge on any atom is -0.438 e. The summed E-state index contributed by atoms with van der Waals surface area (Å²) in [5.74, 6) is 1.38. The van der Waals surface area contributed by atoms with E-state index < -0.39 is 0 Å². The molecule has 4 rings (SSSR count). The Bertz CT molecular complexity index is 1220. The average Bonchev–Trinajstić information content (AvgIpc) is 2.85. The molecule has 4 aromatic rings. The highest BCUT2D eigenvalue weighted by Gasteiger charge is 2.21. The van der Waals surface area contributed by atoms with E-state index in [1.54, 1.807) is 0 Å². The van der Waals surface area contributed by atoms with Crippen LogP contribution in [0.4, 0.5) is 0 Å². The van der Waals surface area contributed by atoms with Crippen molar-refractivity contribution in [2.75, 3.05) is 0 Å². The van der Waals surface area contributed by atoms with Gasteiger partial charge in [0.2, 0.25) is 5.88 Å². The number of ether oxygens (including phenoxy) is 1. The van der Waals surface area contributed by atoms with E-state index in [0.29, 0.717) is 11.6 Å². The number of hydrogen-bond donors (Lipinski definition) is 1. The van der Waals surface area contributed by atoms with Crippen molar-refractivity contribution in [3.05, 3.63) is 108 Å². The van der Waals surface area contributed by atoms with E-state index in [9.17, 15) is 4.79 Å². The maximum atomic E-state index is 13.2. The van der Waals surface area contributed by atoms with Crippen LogP contribution in [0, 0.1) is 0 Å². The minimum atomic E-state index is -0.289. The first-order valence-electron chi connectivity index (χ1n) is 11.1. The Labute approximate surface area is 194 Å². The summed E-state index contributed by atoms with van der Waals surface area (Å²) in [4.78, 5) is 22.3. The number of carbonyl (C=O) groups is 1. The monoisotopic (exact) mass is 437 g/mol. The summed E-state index contributed by atoms with van der Waals surface area (Å²) in [6.45, 7) is 6.15. The second kappa shape index (κ2) is 10.1. The highest BCUT2D eigenvalue weighted by atomic mass is 16.5. The minimum absolute atomic E-state index is 0.177. The zero-order valence-electron chi connectivity index (χ0n) is 19.0. The van der Waals surface area contributed by atoms with Crippen LogP contribution in [-0.2, 0) is 0 Å². The van der Waals surface area contributed by atoms with Crippen molar-refractivity contribution < 1.29 is 9.53 Å². The SMILES string of the molecule is CC(C)c1ccccc1Oc1nc(-c2ccccc2)ncc1C(=O)NC(C)c1ccccc1. The number of nitrogens with zero attached hydrogens (tertiary/aromatic N) is 2. The first-order chi connectivity index (χ1) is 16.0. The number of para-hydroxylation sites is 1. The van der Waals surface area contributed by atoms with Crippen LogP contribution in [0.3, 0.4) is 0 Å². The largest absolute Gasteiger partial charge is 0.438 e.